The van der Waals surface area contributed by atoms with E-state index in [0.717, 1.165) is 12.0 Å². The van der Waals surface area contributed by atoms with Crippen LogP contribution in [0, 0.1) is 5.92 Å². The molecule has 0 aliphatic heterocycles. The number of carbonyl (C=O) groups excluding carboxylic acids is 1. The lowest BCUT2D eigenvalue weighted by atomic mass is 10.1. The van der Waals surface area contributed by atoms with Crippen LogP contribution in [0.5, 0.6) is 0 Å². The summed E-state index contributed by atoms with van der Waals surface area (Å²) in [7, 11) is 0. The minimum absolute atomic E-state index is 0.112. The highest BCUT2D eigenvalue weighted by Gasteiger charge is 2.55. The van der Waals surface area contributed by atoms with Crippen molar-refractivity contribution in [3.63, 3.8) is 0 Å². The van der Waals surface area contributed by atoms with Crippen LogP contribution in [0.2, 0.25) is 0 Å². The number of aliphatic hydroxyl groups excluding tert-OH is 1. The van der Waals surface area contributed by atoms with Gasteiger partial charge in [-0.2, -0.15) is 0 Å². The summed E-state index contributed by atoms with van der Waals surface area (Å²) in [5.74, 6) is 0.232. The maximum absolute atomic E-state index is 12.0. The number of benzene rings is 1. The Hall–Kier alpha value is -1.59. The molecule has 2 atom stereocenters. The summed E-state index contributed by atoms with van der Waals surface area (Å²) in [4.78, 5) is 12.0. The molecule has 0 saturated heterocycles. The Kier molecular flexibility index (Phi) is 5.65. The van der Waals surface area contributed by atoms with Gasteiger partial charge < -0.3 is 19.9 Å². The number of rotatable bonds is 7. The quantitative estimate of drug-likeness (QED) is 0.810. The molecule has 5 heteroatoms. The van der Waals surface area contributed by atoms with Gasteiger partial charge in [0.2, 0.25) is 0 Å². The second-order valence-electron chi connectivity index (χ2n) is 7.17. The number of alkyl carbamates (subject to hydrolysis) is 1. The van der Waals surface area contributed by atoms with Gasteiger partial charge in [-0.15, -0.1) is 0 Å². The summed E-state index contributed by atoms with van der Waals surface area (Å²) in [6.45, 7) is 6.55. The molecule has 2 rings (SSSR count). The minimum Gasteiger partial charge on any atom is -0.444 e. The summed E-state index contributed by atoms with van der Waals surface area (Å²) in [6, 6.07) is 9.92. The molecule has 23 heavy (non-hydrogen) atoms. The summed E-state index contributed by atoms with van der Waals surface area (Å²) < 4.78 is 11.1. The van der Waals surface area contributed by atoms with Crippen LogP contribution in [0.3, 0.4) is 0 Å². The molecule has 0 aromatic heterocycles. The maximum atomic E-state index is 12.0. The number of aliphatic hydroxyl groups is 1. The van der Waals surface area contributed by atoms with Crippen LogP contribution in [-0.2, 0) is 16.1 Å². The Balaban J connectivity index is 1.88. The number of carbonyl (C=O) groups is 1. The molecule has 1 saturated carbocycles. The molecule has 1 fully saturated rings. The Morgan fingerprint density at radius 3 is 2.65 bits per heavy atom. The van der Waals surface area contributed by atoms with Gasteiger partial charge in [0, 0.05) is 6.61 Å². The van der Waals surface area contributed by atoms with Crippen molar-refractivity contribution in [1.29, 1.82) is 0 Å². The molecule has 2 N–H and O–H groups in total. The van der Waals surface area contributed by atoms with E-state index in [1.807, 2.05) is 51.1 Å². The monoisotopic (exact) mass is 321 g/mol. The third-order valence-electron chi connectivity index (χ3n) is 3.93. The van der Waals surface area contributed by atoms with E-state index in [0.29, 0.717) is 19.6 Å². The third kappa shape index (κ3) is 5.52. The molecule has 1 aliphatic carbocycles. The molecule has 5 nitrogen and oxygen atoms in total. The fourth-order valence-corrected chi connectivity index (χ4v) is 2.71. The highest BCUT2D eigenvalue weighted by Crippen LogP contribution is 2.46. The maximum Gasteiger partial charge on any atom is 0.408 e. The van der Waals surface area contributed by atoms with Crippen LogP contribution in [0.1, 0.15) is 39.2 Å². The Bertz CT molecular complexity index is 512. The Labute approximate surface area is 138 Å². The first-order chi connectivity index (χ1) is 10.8. The average Bonchev–Trinajstić information content (AvgIpc) is 3.10. The van der Waals surface area contributed by atoms with E-state index >= 15 is 0 Å². The predicted molar refractivity (Wildman–Crippen MR) is 88.0 cm³/mol. The van der Waals surface area contributed by atoms with E-state index in [2.05, 4.69) is 5.32 Å². The van der Waals surface area contributed by atoms with Gasteiger partial charge in [-0.1, -0.05) is 30.3 Å². The highest BCUT2D eigenvalue weighted by atomic mass is 16.6. The van der Waals surface area contributed by atoms with Gasteiger partial charge in [-0.3, -0.25) is 0 Å². The van der Waals surface area contributed by atoms with Gasteiger partial charge in [-0.05, 0) is 45.1 Å². The molecule has 1 amide bonds. The highest BCUT2D eigenvalue weighted by molar-refractivity contribution is 5.69. The number of hydrogen-bond acceptors (Lipinski definition) is 4. The molecule has 0 heterocycles. The fraction of sp³-hybridized carbons (Fsp3) is 0.611. The van der Waals surface area contributed by atoms with E-state index in [1.54, 1.807) is 0 Å². The lowest BCUT2D eigenvalue weighted by Crippen LogP contribution is -2.44. The zero-order valence-electron chi connectivity index (χ0n) is 14.2. The van der Waals surface area contributed by atoms with Gasteiger partial charge in [0.15, 0.2) is 0 Å². The van der Waals surface area contributed by atoms with Crippen molar-refractivity contribution in [3.05, 3.63) is 35.9 Å². The number of hydrogen-bond donors (Lipinski definition) is 2. The van der Waals surface area contributed by atoms with Crippen molar-refractivity contribution in [3.8, 4) is 0 Å². The average molecular weight is 321 g/mol. The second kappa shape index (κ2) is 7.32. The Morgan fingerprint density at radius 1 is 1.35 bits per heavy atom. The predicted octanol–water partition coefficient (Wildman–Crippen LogP) is 2.87. The molecule has 1 aromatic rings. The van der Waals surface area contributed by atoms with Gasteiger partial charge >= 0.3 is 6.09 Å². The first kappa shape index (κ1) is 17.8. The zero-order chi connectivity index (χ0) is 16.9. The summed E-state index contributed by atoms with van der Waals surface area (Å²) in [6.07, 6.45) is 1.03. The first-order valence-corrected chi connectivity index (χ1v) is 8.08. The summed E-state index contributed by atoms with van der Waals surface area (Å²) in [5.41, 5.74) is 0.150. The van der Waals surface area contributed by atoms with Gasteiger partial charge in [0.1, 0.15) is 5.60 Å². The normalized spacial score (nSPS) is 23.4. The minimum atomic E-state index is -0.530. The van der Waals surface area contributed by atoms with Crippen LogP contribution < -0.4 is 5.32 Å². The van der Waals surface area contributed by atoms with Gasteiger partial charge in [-0.25, -0.2) is 4.79 Å². The van der Waals surface area contributed by atoms with Crippen molar-refractivity contribution < 1.29 is 19.4 Å². The summed E-state index contributed by atoms with van der Waals surface area (Å²) in [5, 5.41) is 12.1. The van der Waals surface area contributed by atoms with Crippen LogP contribution in [0.15, 0.2) is 30.3 Å². The van der Waals surface area contributed by atoms with E-state index < -0.39 is 17.2 Å². The molecular formula is C18H27NO4. The van der Waals surface area contributed by atoms with Crippen molar-refractivity contribution in [2.75, 3.05) is 13.2 Å². The third-order valence-corrected chi connectivity index (χ3v) is 3.93. The molecular weight excluding hydrogens is 294 g/mol. The molecule has 1 aliphatic rings. The molecule has 0 bridgehead atoms. The number of nitrogens with one attached hydrogen (secondary N) is 1. The van der Waals surface area contributed by atoms with Crippen molar-refractivity contribution in [1.82, 2.24) is 5.32 Å². The molecule has 0 radical (unpaired) electrons. The summed E-state index contributed by atoms with van der Waals surface area (Å²) >= 11 is 0. The van der Waals surface area contributed by atoms with E-state index in [1.165, 1.54) is 0 Å². The first-order valence-electron chi connectivity index (χ1n) is 8.08. The molecule has 0 spiro atoms. The van der Waals surface area contributed by atoms with Crippen LogP contribution in [0.4, 0.5) is 4.79 Å². The van der Waals surface area contributed by atoms with Gasteiger partial charge in [0.25, 0.3) is 0 Å². The van der Waals surface area contributed by atoms with Crippen molar-refractivity contribution in [2.45, 2.75) is 51.4 Å². The Morgan fingerprint density at radius 2 is 2.04 bits per heavy atom. The van der Waals surface area contributed by atoms with E-state index in [-0.39, 0.29) is 12.5 Å². The molecule has 0 unspecified atom stereocenters. The largest absolute Gasteiger partial charge is 0.444 e. The van der Waals surface area contributed by atoms with E-state index in [9.17, 15) is 4.79 Å². The topological polar surface area (TPSA) is 67.8 Å². The smallest absolute Gasteiger partial charge is 0.408 e. The second-order valence-corrected chi connectivity index (χ2v) is 7.17. The van der Waals surface area contributed by atoms with Crippen molar-refractivity contribution in [2.24, 2.45) is 5.92 Å². The number of amides is 1. The van der Waals surface area contributed by atoms with Crippen LogP contribution in [0.25, 0.3) is 0 Å². The standard InChI is InChI=1S/C18H27NO4/c1-17(2,3)23-16(21)19-18(11-15(18)9-10-20)13-22-12-14-7-5-4-6-8-14/h4-8,15,20H,9-13H2,1-3H3,(H,19,21)/t15-,18-/m1/s1. The molecule has 1 aromatic carbocycles. The number of ether oxygens (including phenoxy) is 2. The fourth-order valence-electron chi connectivity index (χ4n) is 2.71. The van der Waals surface area contributed by atoms with Crippen molar-refractivity contribution >= 4 is 6.09 Å². The van der Waals surface area contributed by atoms with E-state index in [4.69, 9.17) is 14.6 Å². The SMILES string of the molecule is CC(C)(C)OC(=O)N[C@@]1(COCc2ccccc2)C[C@H]1CCO. The zero-order valence-corrected chi connectivity index (χ0v) is 14.2. The lowest BCUT2D eigenvalue weighted by molar-refractivity contribution is 0.0382. The molecule has 128 valence electrons. The lowest BCUT2D eigenvalue weighted by Gasteiger charge is -2.24. The van der Waals surface area contributed by atoms with Crippen LogP contribution >= 0.6 is 0 Å². The van der Waals surface area contributed by atoms with Gasteiger partial charge in [0.05, 0.1) is 18.8 Å². The van der Waals surface area contributed by atoms with Crippen LogP contribution in [-0.4, -0.2) is 35.6 Å².